The predicted octanol–water partition coefficient (Wildman–Crippen LogP) is 2.55. The lowest BCUT2D eigenvalue weighted by molar-refractivity contribution is -0.131. The molecular formula is C10H14F3N3O. The van der Waals surface area contributed by atoms with E-state index in [9.17, 15) is 13.2 Å². The minimum Gasteiger partial charge on any atom is -0.478 e. The SMILES string of the molecule is CCOc1cc(NCCC(F)(F)F)nc(C)n1. The van der Waals surface area contributed by atoms with E-state index in [1.807, 2.05) is 0 Å². The molecule has 0 aliphatic heterocycles. The Bertz CT molecular complexity index is 368. The lowest BCUT2D eigenvalue weighted by Gasteiger charge is -2.10. The molecule has 7 heteroatoms. The van der Waals surface area contributed by atoms with Crippen molar-refractivity contribution in [1.29, 1.82) is 0 Å². The second kappa shape index (κ2) is 5.70. The molecule has 4 nitrogen and oxygen atoms in total. The van der Waals surface area contributed by atoms with Crippen molar-refractivity contribution in [2.45, 2.75) is 26.4 Å². The Labute approximate surface area is 97.2 Å². The van der Waals surface area contributed by atoms with Crippen molar-refractivity contribution in [3.05, 3.63) is 11.9 Å². The number of ether oxygens (including phenoxy) is 1. The van der Waals surface area contributed by atoms with Gasteiger partial charge in [-0.15, -0.1) is 0 Å². The number of hydrogen-bond donors (Lipinski definition) is 1. The van der Waals surface area contributed by atoms with Gasteiger partial charge in [-0.05, 0) is 13.8 Å². The molecule has 0 aromatic carbocycles. The van der Waals surface area contributed by atoms with Crippen LogP contribution in [0.15, 0.2) is 6.07 Å². The zero-order valence-corrected chi connectivity index (χ0v) is 9.64. The van der Waals surface area contributed by atoms with Gasteiger partial charge in [0.1, 0.15) is 11.6 Å². The molecular weight excluding hydrogens is 235 g/mol. The summed E-state index contributed by atoms with van der Waals surface area (Å²) in [6, 6.07) is 1.48. The summed E-state index contributed by atoms with van der Waals surface area (Å²) in [4.78, 5) is 7.95. The van der Waals surface area contributed by atoms with Gasteiger partial charge >= 0.3 is 6.18 Å². The number of rotatable bonds is 5. The highest BCUT2D eigenvalue weighted by Gasteiger charge is 2.26. The van der Waals surface area contributed by atoms with E-state index in [0.717, 1.165) is 0 Å². The minimum absolute atomic E-state index is 0.217. The molecule has 0 saturated carbocycles. The Kier molecular flexibility index (Phi) is 4.53. The molecule has 0 bridgehead atoms. The third kappa shape index (κ3) is 5.37. The summed E-state index contributed by atoms with van der Waals surface area (Å²) in [7, 11) is 0. The van der Waals surface area contributed by atoms with Crippen LogP contribution in [0.25, 0.3) is 0 Å². The Morgan fingerprint density at radius 3 is 2.65 bits per heavy atom. The van der Waals surface area contributed by atoms with E-state index >= 15 is 0 Å². The van der Waals surface area contributed by atoms with Gasteiger partial charge in [-0.1, -0.05) is 0 Å². The fourth-order valence-electron chi connectivity index (χ4n) is 1.18. The third-order valence-electron chi connectivity index (χ3n) is 1.82. The summed E-state index contributed by atoms with van der Waals surface area (Å²) in [6.45, 7) is 3.68. The molecule has 0 spiro atoms. The molecule has 1 aromatic heterocycles. The lowest BCUT2D eigenvalue weighted by Crippen LogP contribution is -2.15. The summed E-state index contributed by atoms with van der Waals surface area (Å²) in [5, 5.41) is 2.59. The molecule has 1 aromatic rings. The van der Waals surface area contributed by atoms with E-state index in [-0.39, 0.29) is 6.54 Å². The van der Waals surface area contributed by atoms with Crippen LogP contribution in [0, 0.1) is 6.92 Å². The highest BCUT2D eigenvalue weighted by atomic mass is 19.4. The van der Waals surface area contributed by atoms with E-state index in [4.69, 9.17) is 4.74 Å². The van der Waals surface area contributed by atoms with Crippen LogP contribution in [0.3, 0.4) is 0 Å². The molecule has 0 amide bonds. The highest BCUT2D eigenvalue weighted by molar-refractivity contribution is 5.38. The fraction of sp³-hybridized carbons (Fsp3) is 0.600. The standard InChI is InChI=1S/C10H14F3N3O/c1-3-17-9-6-8(15-7(2)16-9)14-5-4-10(11,12)13/h6H,3-5H2,1-2H3,(H,14,15,16). The van der Waals surface area contributed by atoms with Gasteiger partial charge in [0.15, 0.2) is 0 Å². The van der Waals surface area contributed by atoms with E-state index in [2.05, 4.69) is 15.3 Å². The second-order valence-corrected chi connectivity index (χ2v) is 3.36. The van der Waals surface area contributed by atoms with Gasteiger partial charge in [-0.2, -0.15) is 18.2 Å². The van der Waals surface area contributed by atoms with Crippen LogP contribution in [0.1, 0.15) is 19.2 Å². The molecule has 0 aliphatic rings. The van der Waals surface area contributed by atoms with Gasteiger partial charge in [0, 0.05) is 12.6 Å². The summed E-state index contributed by atoms with van der Waals surface area (Å²) < 4.78 is 41.0. The van der Waals surface area contributed by atoms with Crippen LogP contribution < -0.4 is 10.1 Å². The smallest absolute Gasteiger partial charge is 0.390 e. The summed E-state index contributed by atoms with van der Waals surface area (Å²) >= 11 is 0. The van der Waals surface area contributed by atoms with Crippen molar-refractivity contribution in [3.8, 4) is 5.88 Å². The van der Waals surface area contributed by atoms with E-state index in [1.165, 1.54) is 6.07 Å². The van der Waals surface area contributed by atoms with Crippen LogP contribution in [-0.2, 0) is 0 Å². The lowest BCUT2D eigenvalue weighted by atomic mass is 10.4. The van der Waals surface area contributed by atoms with Gasteiger partial charge in [0.25, 0.3) is 0 Å². The number of aromatic nitrogens is 2. The number of anilines is 1. The Morgan fingerprint density at radius 2 is 2.06 bits per heavy atom. The van der Waals surface area contributed by atoms with E-state index < -0.39 is 12.6 Å². The number of nitrogens with zero attached hydrogens (tertiary/aromatic N) is 2. The molecule has 96 valence electrons. The summed E-state index contributed by atoms with van der Waals surface area (Å²) in [5.74, 6) is 1.14. The zero-order valence-electron chi connectivity index (χ0n) is 9.64. The van der Waals surface area contributed by atoms with Crippen molar-refractivity contribution in [2.24, 2.45) is 0 Å². The van der Waals surface area contributed by atoms with Crippen LogP contribution >= 0.6 is 0 Å². The topological polar surface area (TPSA) is 47.0 Å². The Morgan fingerprint density at radius 1 is 1.35 bits per heavy atom. The first-order valence-corrected chi connectivity index (χ1v) is 5.20. The van der Waals surface area contributed by atoms with Crippen molar-refractivity contribution in [3.63, 3.8) is 0 Å². The molecule has 0 radical (unpaired) electrons. The van der Waals surface area contributed by atoms with Gasteiger partial charge in [0.05, 0.1) is 13.0 Å². The number of hydrogen-bond acceptors (Lipinski definition) is 4. The number of nitrogens with one attached hydrogen (secondary N) is 1. The second-order valence-electron chi connectivity index (χ2n) is 3.36. The van der Waals surface area contributed by atoms with Crippen LogP contribution in [0.2, 0.25) is 0 Å². The molecule has 1 heterocycles. The largest absolute Gasteiger partial charge is 0.478 e. The average Bonchev–Trinajstić information content (AvgIpc) is 2.15. The molecule has 0 aliphatic carbocycles. The molecule has 0 saturated heterocycles. The maximum absolute atomic E-state index is 11.9. The van der Waals surface area contributed by atoms with Gasteiger partial charge in [0.2, 0.25) is 5.88 Å². The Hall–Kier alpha value is -1.53. The summed E-state index contributed by atoms with van der Waals surface area (Å²) in [5.41, 5.74) is 0. The quantitative estimate of drug-likeness (QED) is 0.871. The van der Waals surface area contributed by atoms with Crippen molar-refractivity contribution in [2.75, 3.05) is 18.5 Å². The fourth-order valence-corrected chi connectivity index (χ4v) is 1.18. The number of aryl methyl sites for hydroxylation is 1. The van der Waals surface area contributed by atoms with Crippen molar-refractivity contribution >= 4 is 5.82 Å². The van der Waals surface area contributed by atoms with Gasteiger partial charge in [-0.3, -0.25) is 0 Å². The normalized spacial score (nSPS) is 11.4. The third-order valence-corrected chi connectivity index (χ3v) is 1.82. The summed E-state index contributed by atoms with van der Waals surface area (Å²) in [6.07, 6.45) is -5.07. The molecule has 0 atom stereocenters. The van der Waals surface area contributed by atoms with Crippen molar-refractivity contribution < 1.29 is 17.9 Å². The average molecular weight is 249 g/mol. The maximum atomic E-state index is 11.9. The molecule has 1 rings (SSSR count). The maximum Gasteiger partial charge on any atom is 0.390 e. The van der Waals surface area contributed by atoms with Gasteiger partial charge in [-0.25, -0.2) is 4.98 Å². The minimum atomic E-state index is -4.17. The van der Waals surface area contributed by atoms with Crippen LogP contribution in [-0.4, -0.2) is 29.3 Å². The number of alkyl halides is 3. The molecule has 0 fully saturated rings. The first-order chi connectivity index (χ1) is 7.90. The van der Waals surface area contributed by atoms with Crippen molar-refractivity contribution in [1.82, 2.24) is 9.97 Å². The Balaban J connectivity index is 2.58. The first-order valence-electron chi connectivity index (χ1n) is 5.20. The van der Waals surface area contributed by atoms with Crippen LogP contribution in [0.5, 0.6) is 5.88 Å². The number of halogens is 3. The van der Waals surface area contributed by atoms with E-state index in [0.29, 0.717) is 24.1 Å². The zero-order chi connectivity index (χ0) is 12.9. The first kappa shape index (κ1) is 13.5. The monoisotopic (exact) mass is 249 g/mol. The highest BCUT2D eigenvalue weighted by Crippen LogP contribution is 2.20. The van der Waals surface area contributed by atoms with Gasteiger partial charge < -0.3 is 10.1 Å². The van der Waals surface area contributed by atoms with Crippen LogP contribution in [0.4, 0.5) is 19.0 Å². The molecule has 1 N–H and O–H groups in total. The molecule has 0 unspecified atom stereocenters. The predicted molar refractivity (Wildman–Crippen MR) is 57.1 cm³/mol. The van der Waals surface area contributed by atoms with E-state index in [1.54, 1.807) is 13.8 Å². The molecule has 17 heavy (non-hydrogen) atoms.